The van der Waals surface area contributed by atoms with E-state index in [9.17, 15) is 4.79 Å². The molecular weight excluding hydrogens is 334 g/mol. The number of hydrogen-bond donors (Lipinski definition) is 2. The van der Waals surface area contributed by atoms with E-state index in [0.717, 1.165) is 28.6 Å². The predicted molar refractivity (Wildman–Crippen MR) is 103 cm³/mol. The Kier molecular flexibility index (Phi) is 5.00. The first-order valence-corrected chi connectivity index (χ1v) is 8.82. The Morgan fingerprint density at radius 1 is 1.16 bits per heavy atom. The van der Waals surface area contributed by atoms with Crippen LogP contribution in [0.3, 0.4) is 0 Å². The van der Waals surface area contributed by atoms with Crippen LogP contribution in [-0.2, 0) is 0 Å². The van der Waals surface area contributed by atoms with Crippen LogP contribution < -0.4 is 10.2 Å². The Hall–Kier alpha value is -2.86. The number of aromatic nitrogens is 1. The number of benzene rings is 2. The molecule has 1 aromatic heterocycles. The molecule has 0 spiro atoms. The van der Waals surface area contributed by atoms with E-state index < -0.39 is 5.97 Å². The van der Waals surface area contributed by atoms with Gasteiger partial charge in [-0.25, -0.2) is 9.78 Å². The number of rotatable bonds is 6. The Bertz CT molecular complexity index is 857. The number of aromatic carboxylic acids is 1. The molecule has 6 heteroatoms. The lowest BCUT2D eigenvalue weighted by molar-refractivity contribution is 0.0697. The number of nitrogens with zero attached hydrogens (tertiary/aromatic N) is 2. The second-order valence-electron chi connectivity index (χ2n) is 5.61. The first kappa shape index (κ1) is 17.0. The van der Waals surface area contributed by atoms with E-state index >= 15 is 0 Å². The molecule has 5 nitrogen and oxygen atoms in total. The monoisotopic (exact) mass is 353 g/mol. The van der Waals surface area contributed by atoms with Gasteiger partial charge in [0.1, 0.15) is 0 Å². The molecule has 0 bridgehead atoms. The van der Waals surface area contributed by atoms with Gasteiger partial charge < -0.3 is 15.3 Å². The fraction of sp³-hybridized carbons (Fsp3) is 0.158. The van der Waals surface area contributed by atoms with E-state index in [1.54, 1.807) is 24.3 Å². The van der Waals surface area contributed by atoms with Crippen LogP contribution in [0.25, 0.3) is 11.3 Å². The molecule has 0 fully saturated rings. The smallest absolute Gasteiger partial charge is 0.335 e. The quantitative estimate of drug-likeness (QED) is 0.672. The van der Waals surface area contributed by atoms with E-state index in [-0.39, 0.29) is 5.56 Å². The van der Waals surface area contributed by atoms with Gasteiger partial charge in [0, 0.05) is 35.9 Å². The van der Waals surface area contributed by atoms with Crippen molar-refractivity contribution in [2.45, 2.75) is 6.92 Å². The minimum absolute atomic E-state index is 0.266. The van der Waals surface area contributed by atoms with Crippen molar-refractivity contribution in [3.63, 3.8) is 0 Å². The van der Waals surface area contributed by atoms with Crippen LogP contribution >= 0.6 is 11.3 Å². The van der Waals surface area contributed by atoms with Crippen LogP contribution in [0, 0.1) is 0 Å². The summed E-state index contributed by atoms with van der Waals surface area (Å²) in [5, 5.41) is 14.9. The second kappa shape index (κ2) is 7.36. The second-order valence-corrected chi connectivity index (χ2v) is 6.46. The van der Waals surface area contributed by atoms with Crippen molar-refractivity contribution in [3.05, 3.63) is 59.5 Å². The summed E-state index contributed by atoms with van der Waals surface area (Å²) in [5.74, 6) is -0.930. The Morgan fingerprint density at radius 2 is 1.84 bits per heavy atom. The summed E-state index contributed by atoms with van der Waals surface area (Å²) in [4.78, 5) is 17.7. The largest absolute Gasteiger partial charge is 0.478 e. The van der Waals surface area contributed by atoms with Crippen LogP contribution in [0.1, 0.15) is 17.3 Å². The minimum atomic E-state index is -0.930. The molecule has 2 N–H and O–H groups in total. The van der Waals surface area contributed by atoms with Gasteiger partial charge in [-0.2, -0.15) is 0 Å². The average Bonchev–Trinajstić information content (AvgIpc) is 3.10. The molecular formula is C19H19N3O2S. The van der Waals surface area contributed by atoms with Gasteiger partial charge in [-0.3, -0.25) is 0 Å². The molecule has 128 valence electrons. The molecule has 0 atom stereocenters. The first-order chi connectivity index (χ1) is 12.1. The van der Waals surface area contributed by atoms with E-state index in [1.807, 2.05) is 5.38 Å². The summed E-state index contributed by atoms with van der Waals surface area (Å²) in [5.41, 5.74) is 4.24. The van der Waals surface area contributed by atoms with Crippen molar-refractivity contribution in [2.24, 2.45) is 0 Å². The number of carboxylic acids is 1. The first-order valence-electron chi connectivity index (χ1n) is 7.94. The third kappa shape index (κ3) is 3.97. The van der Waals surface area contributed by atoms with Crippen LogP contribution in [0.5, 0.6) is 0 Å². The third-order valence-corrected chi connectivity index (χ3v) is 4.72. The zero-order valence-corrected chi connectivity index (χ0v) is 14.9. The molecule has 0 aliphatic heterocycles. The summed E-state index contributed by atoms with van der Waals surface area (Å²) >= 11 is 1.52. The highest BCUT2D eigenvalue weighted by molar-refractivity contribution is 7.14. The van der Waals surface area contributed by atoms with E-state index in [1.165, 1.54) is 17.0 Å². The number of anilines is 3. The Morgan fingerprint density at radius 3 is 2.44 bits per heavy atom. The molecule has 0 aliphatic carbocycles. The third-order valence-electron chi connectivity index (χ3n) is 3.97. The molecule has 0 radical (unpaired) electrons. The summed E-state index contributed by atoms with van der Waals surface area (Å²) in [6.45, 7) is 3.08. The lowest BCUT2D eigenvalue weighted by Gasteiger charge is -2.16. The van der Waals surface area contributed by atoms with Crippen molar-refractivity contribution in [1.82, 2.24) is 4.98 Å². The van der Waals surface area contributed by atoms with Gasteiger partial charge in [-0.1, -0.05) is 12.1 Å². The average molecular weight is 353 g/mol. The maximum absolute atomic E-state index is 10.9. The summed E-state index contributed by atoms with van der Waals surface area (Å²) in [6.07, 6.45) is 0. The van der Waals surface area contributed by atoms with Crippen molar-refractivity contribution < 1.29 is 9.90 Å². The Labute approximate surface area is 150 Å². The van der Waals surface area contributed by atoms with Gasteiger partial charge in [-0.15, -0.1) is 11.3 Å². The normalized spacial score (nSPS) is 10.5. The standard InChI is InChI=1S/C19H19N3O2S/c1-3-22(2)16-10-6-13(7-11-16)17-12-25-19(21-17)20-15-8-4-14(5-9-15)18(23)24/h4-12H,3H2,1-2H3,(H,20,21)(H,23,24). The van der Waals surface area contributed by atoms with Crippen molar-refractivity contribution in [3.8, 4) is 11.3 Å². The maximum Gasteiger partial charge on any atom is 0.335 e. The van der Waals surface area contributed by atoms with Crippen LogP contribution in [-0.4, -0.2) is 29.7 Å². The van der Waals surface area contributed by atoms with Crippen LogP contribution in [0.15, 0.2) is 53.9 Å². The van der Waals surface area contributed by atoms with Crippen molar-refractivity contribution >= 4 is 33.8 Å². The molecule has 3 aromatic rings. The fourth-order valence-electron chi connectivity index (χ4n) is 2.35. The van der Waals surface area contributed by atoms with E-state index in [0.29, 0.717) is 0 Å². The summed E-state index contributed by atoms with van der Waals surface area (Å²) < 4.78 is 0. The van der Waals surface area contributed by atoms with Crippen molar-refractivity contribution in [1.29, 1.82) is 0 Å². The Balaban J connectivity index is 1.72. The maximum atomic E-state index is 10.9. The molecule has 0 unspecified atom stereocenters. The minimum Gasteiger partial charge on any atom is -0.478 e. The molecule has 0 aliphatic rings. The van der Waals surface area contributed by atoms with Gasteiger partial charge in [0.05, 0.1) is 11.3 Å². The number of nitrogens with one attached hydrogen (secondary N) is 1. The molecule has 0 saturated carbocycles. The zero-order valence-electron chi connectivity index (χ0n) is 14.1. The van der Waals surface area contributed by atoms with Crippen LogP contribution in [0.2, 0.25) is 0 Å². The highest BCUT2D eigenvalue weighted by Gasteiger charge is 2.07. The molecule has 25 heavy (non-hydrogen) atoms. The fourth-order valence-corrected chi connectivity index (χ4v) is 3.09. The highest BCUT2D eigenvalue weighted by atomic mass is 32.1. The van der Waals surface area contributed by atoms with Gasteiger partial charge in [-0.05, 0) is 43.3 Å². The SMILES string of the molecule is CCN(C)c1ccc(-c2csc(Nc3ccc(C(=O)O)cc3)n2)cc1. The predicted octanol–water partition coefficient (Wildman–Crippen LogP) is 4.71. The summed E-state index contributed by atoms with van der Waals surface area (Å²) in [7, 11) is 2.06. The number of thiazole rings is 1. The van der Waals surface area contributed by atoms with Gasteiger partial charge in [0.25, 0.3) is 0 Å². The van der Waals surface area contributed by atoms with Gasteiger partial charge in [0.15, 0.2) is 5.13 Å². The number of carbonyl (C=O) groups is 1. The lowest BCUT2D eigenvalue weighted by atomic mass is 10.1. The summed E-state index contributed by atoms with van der Waals surface area (Å²) in [6, 6.07) is 14.9. The van der Waals surface area contributed by atoms with Crippen molar-refractivity contribution in [2.75, 3.05) is 23.8 Å². The van der Waals surface area contributed by atoms with Gasteiger partial charge >= 0.3 is 5.97 Å². The van der Waals surface area contributed by atoms with Crippen LogP contribution in [0.4, 0.5) is 16.5 Å². The highest BCUT2D eigenvalue weighted by Crippen LogP contribution is 2.28. The molecule has 0 amide bonds. The molecule has 2 aromatic carbocycles. The molecule has 0 saturated heterocycles. The van der Waals surface area contributed by atoms with E-state index in [4.69, 9.17) is 5.11 Å². The zero-order chi connectivity index (χ0) is 17.8. The topological polar surface area (TPSA) is 65.5 Å². The molecule has 1 heterocycles. The number of carboxylic acid groups (broad SMARTS) is 1. The lowest BCUT2D eigenvalue weighted by Crippen LogP contribution is -2.15. The molecule has 3 rings (SSSR count). The van der Waals surface area contributed by atoms with Gasteiger partial charge in [0.2, 0.25) is 0 Å². The number of hydrogen-bond acceptors (Lipinski definition) is 5. The van der Waals surface area contributed by atoms with E-state index in [2.05, 4.69) is 53.4 Å².